The molecule has 1 atom stereocenters. The Bertz CT molecular complexity index is 758. The molecular formula is C11H3F17O4. The maximum Gasteiger partial charge on any atom is 0.410 e. The van der Waals surface area contributed by atoms with E-state index in [-0.39, 0.29) is 0 Å². The number of aliphatic carboxylic acids is 2. The van der Waals surface area contributed by atoms with Crippen molar-refractivity contribution in [2.75, 3.05) is 0 Å². The SMILES string of the molecule is O=C(O)C(F)C(F)(F)C(F)(F)C(F)(F)C(F)(F)C(F)(F)C(F)(F)C(F)(F)C(F)(F)C(=O)O. The Balaban J connectivity index is 6.94. The Labute approximate surface area is 161 Å². The molecule has 0 amide bonds. The van der Waals surface area contributed by atoms with Crippen molar-refractivity contribution in [3.05, 3.63) is 0 Å². The van der Waals surface area contributed by atoms with E-state index in [0.29, 0.717) is 0 Å². The van der Waals surface area contributed by atoms with Gasteiger partial charge in [0, 0.05) is 0 Å². The molecule has 21 heteroatoms. The Morgan fingerprint density at radius 2 is 0.750 bits per heavy atom. The van der Waals surface area contributed by atoms with Gasteiger partial charge in [0.25, 0.3) is 6.17 Å². The first-order chi connectivity index (χ1) is 13.5. The standard InChI is InChI=1S/C11H3F17O4/c12-1(2(29)30)4(13,14)6(17,18)8(21,22)10(25,26)11(27,28)9(23,24)7(19,20)5(15,16)3(31)32/h1H,(H,29,30)(H,31,32). The maximum atomic E-state index is 13.3. The van der Waals surface area contributed by atoms with E-state index < -0.39 is 65.5 Å². The lowest BCUT2D eigenvalue weighted by Crippen LogP contribution is -2.76. The van der Waals surface area contributed by atoms with E-state index in [1.54, 1.807) is 0 Å². The van der Waals surface area contributed by atoms with Gasteiger partial charge in [0.05, 0.1) is 0 Å². The lowest BCUT2D eigenvalue weighted by Gasteiger charge is -2.43. The van der Waals surface area contributed by atoms with Crippen molar-refractivity contribution in [3.8, 4) is 0 Å². The summed E-state index contributed by atoms with van der Waals surface area (Å²) in [6.45, 7) is 0. The predicted octanol–water partition coefficient (Wildman–Crippen LogP) is 4.58. The summed E-state index contributed by atoms with van der Waals surface area (Å²) < 4.78 is 222. The molecule has 0 aromatic heterocycles. The van der Waals surface area contributed by atoms with Crippen LogP contribution in [0.3, 0.4) is 0 Å². The molecule has 0 rings (SSSR count). The van der Waals surface area contributed by atoms with Gasteiger partial charge in [-0.1, -0.05) is 0 Å². The third kappa shape index (κ3) is 3.37. The van der Waals surface area contributed by atoms with Crippen molar-refractivity contribution in [2.45, 2.75) is 53.6 Å². The summed E-state index contributed by atoms with van der Waals surface area (Å²) in [6.07, 6.45) is -5.61. The van der Waals surface area contributed by atoms with E-state index in [9.17, 15) is 84.2 Å². The minimum Gasteiger partial charge on any atom is -0.479 e. The smallest absolute Gasteiger partial charge is 0.410 e. The zero-order chi connectivity index (χ0) is 26.7. The Hall–Kier alpha value is -2.25. The summed E-state index contributed by atoms with van der Waals surface area (Å²) in [7, 11) is 0. The molecule has 0 saturated carbocycles. The molecule has 2 N–H and O–H groups in total. The molecule has 0 aromatic carbocycles. The first kappa shape index (κ1) is 29.8. The normalized spacial score (nSPS) is 16.7. The number of hydrogen-bond acceptors (Lipinski definition) is 2. The average molecular weight is 522 g/mol. The van der Waals surface area contributed by atoms with Gasteiger partial charge in [-0.25, -0.2) is 14.0 Å². The molecule has 0 aromatic rings. The minimum atomic E-state index is -8.91. The van der Waals surface area contributed by atoms with Gasteiger partial charge in [0.2, 0.25) is 0 Å². The van der Waals surface area contributed by atoms with Crippen LogP contribution in [0, 0.1) is 0 Å². The average Bonchev–Trinajstić information content (AvgIpc) is 2.59. The van der Waals surface area contributed by atoms with Crippen LogP contribution in [-0.2, 0) is 9.59 Å². The molecule has 0 aliphatic heterocycles. The van der Waals surface area contributed by atoms with E-state index in [0.717, 1.165) is 0 Å². The van der Waals surface area contributed by atoms with Gasteiger partial charge in [0.1, 0.15) is 0 Å². The fourth-order valence-corrected chi connectivity index (χ4v) is 1.64. The summed E-state index contributed by atoms with van der Waals surface area (Å²) in [6, 6.07) is 0. The topological polar surface area (TPSA) is 74.6 Å². The van der Waals surface area contributed by atoms with Crippen molar-refractivity contribution in [1.82, 2.24) is 0 Å². The van der Waals surface area contributed by atoms with Gasteiger partial charge in [-0.05, 0) is 0 Å². The molecule has 0 fully saturated rings. The van der Waals surface area contributed by atoms with Crippen LogP contribution in [0.2, 0.25) is 0 Å². The summed E-state index contributed by atoms with van der Waals surface area (Å²) in [5, 5.41) is 15.4. The van der Waals surface area contributed by atoms with Crippen LogP contribution in [0.15, 0.2) is 0 Å². The first-order valence-electron chi connectivity index (χ1n) is 6.67. The lowest BCUT2D eigenvalue weighted by atomic mass is 9.86. The summed E-state index contributed by atoms with van der Waals surface area (Å²) in [4.78, 5) is 19.8. The third-order valence-corrected chi connectivity index (χ3v) is 3.59. The van der Waals surface area contributed by atoms with Crippen LogP contribution < -0.4 is 0 Å². The van der Waals surface area contributed by atoms with Crippen molar-refractivity contribution in [1.29, 1.82) is 0 Å². The quantitative estimate of drug-likeness (QED) is 0.413. The molecule has 0 heterocycles. The van der Waals surface area contributed by atoms with Crippen LogP contribution in [-0.4, -0.2) is 75.7 Å². The van der Waals surface area contributed by atoms with Crippen LogP contribution >= 0.6 is 0 Å². The summed E-state index contributed by atoms with van der Waals surface area (Å²) >= 11 is 0. The number of halogens is 17. The highest BCUT2D eigenvalue weighted by Crippen LogP contribution is 2.64. The van der Waals surface area contributed by atoms with E-state index in [1.165, 1.54) is 0 Å². The molecule has 0 spiro atoms. The number of rotatable bonds is 10. The molecular weight excluding hydrogens is 519 g/mol. The van der Waals surface area contributed by atoms with Gasteiger partial charge in [0.15, 0.2) is 0 Å². The summed E-state index contributed by atoms with van der Waals surface area (Å²) in [5.74, 6) is -75.2. The van der Waals surface area contributed by atoms with E-state index >= 15 is 0 Å². The molecule has 4 nitrogen and oxygen atoms in total. The highest BCUT2D eigenvalue weighted by Gasteiger charge is 2.96. The second-order valence-corrected chi connectivity index (χ2v) is 5.65. The van der Waals surface area contributed by atoms with Gasteiger partial charge < -0.3 is 10.2 Å². The van der Waals surface area contributed by atoms with Gasteiger partial charge in [-0.2, -0.15) is 70.2 Å². The summed E-state index contributed by atoms with van der Waals surface area (Å²) in [5.41, 5.74) is 0. The van der Waals surface area contributed by atoms with Crippen molar-refractivity contribution in [2.24, 2.45) is 0 Å². The van der Waals surface area contributed by atoms with Crippen molar-refractivity contribution >= 4 is 11.9 Å². The van der Waals surface area contributed by atoms with Gasteiger partial charge in [-0.15, -0.1) is 0 Å². The molecule has 0 saturated heterocycles. The van der Waals surface area contributed by atoms with Crippen LogP contribution in [0.25, 0.3) is 0 Å². The zero-order valence-electron chi connectivity index (χ0n) is 13.7. The second kappa shape index (κ2) is 7.39. The van der Waals surface area contributed by atoms with Gasteiger partial charge in [-0.3, -0.25) is 0 Å². The van der Waals surface area contributed by atoms with Crippen LogP contribution in [0.1, 0.15) is 0 Å². The number of carboxylic acids is 2. The number of alkyl halides is 17. The van der Waals surface area contributed by atoms with Gasteiger partial charge >= 0.3 is 59.3 Å². The highest BCUT2D eigenvalue weighted by molar-refractivity contribution is 5.77. The monoisotopic (exact) mass is 522 g/mol. The molecule has 0 aliphatic carbocycles. The molecule has 32 heavy (non-hydrogen) atoms. The fraction of sp³-hybridized carbons (Fsp3) is 0.818. The van der Waals surface area contributed by atoms with Crippen LogP contribution in [0.5, 0.6) is 0 Å². The highest BCUT2D eigenvalue weighted by atomic mass is 19.4. The van der Waals surface area contributed by atoms with E-state index in [4.69, 9.17) is 10.2 Å². The number of hydrogen-bond donors (Lipinski definition) is 2. The molecule has 1 unspecified atom stereocenters. The van der Waals surface area contributed by atoms with E-state index in [1.807, 2.05) is 0 Å². The number of carbonyl (C=O) groups is 2. The Morgan fingerprint density at radius 3 is 1.00 bits per heavy atom. The molecule has 0 bridgehead atoms. The van der Waals surface area contributed by atoms with Crippen molar-refractivity contribution in [3.63, 3.8) is 0 Å². The first-order valence-corrected chi connectivity index (χ1v) is 6.67. The predicted molar refractivity (Wildman–Crippen MR) is 59.7 cm³/mol. The molecule has 0 radical (unpaired) electrons. The minimum absolute atomic E-state index is 3.81. The maximum absolute atomic E-state index is 13.3. The Morgan fingerprint density at radius 1 is 0.500 bits per heavy atom. The molecule has 0 aliphatic rings. The lowest BCUT2D eigenvalue weighted by molar-refractivity contribution is -0.452. The largest absolute Gasteiger partial charge is 0.479 e. The fourth-order valence-electron chi connectivity index (χ4n) is 1.64. The zero-order valence-corrected chi connectivity index (χ0v) is 13.7. The number of carboxylic acid groups (broad SMARTS) is 2. The second-order valence-electron chi connectivity index (χ2n) is 5.65. The third-order valence-electron chi connectivity index (χ3n) is 3.59. The van der Waals surface area contributed by atoms with Crippen molar-refractivity contribution < 1.29 is 94.4 Å². The van der Waals surface area contributed by atoms with E-state index in [2.05, 4.69) is 0 Å². The van der Waals surface area contributed by atoms with Crippen LogP contribution in [0.4, 0.5) is 74.6 Å². The Kier molecular flexibility index (Phi) is 6.87. The molecule has 190 valence electrons.